The van der Waals surface area contributed by atoms with Crippen LogP contribution in [-0.4, -0.2) is 13.7 Å². The maximum Gasteiger partial charge on any atom is 0.130 e. The molecule has 24 heavy (non-hydrogen) atoms. The molecule has 128 valence electrons. The quantitative estimate of drug-likeness (QED) is 0.725. The third-order valence-electron chi connectivity index (χ3n) is 3.95. The minimum absolute atomic E-state index is 0.403. The first kappa shape index (κ1) is 18.1. The van der Waals surface area contributed by atoms with Gasteiger partial charge in [-0.05, 0) is 31.0 Å². The van der Waals surface area contributed by atoms with Crippen LogP contribution in [0.15, 0.2) is 53.7 Å². The van der Waals surface area contributed by atoms with Gasteiger partial charge in [0.1, 0.15) is 17.5 Å². The second-order valence-corrected chi connectivity index (χ2v) is 6.16. The van der Waals surface area contributed by atoms with Gasteiger partial charge in [-0.2, -0.15) is 4.91 Å². The smallest absolute Gasteiger partial charge is 0.130 e. The summed E-state index contributed by atoms with van der Waals surface area (Å²) < 4.78 is 19.2. The highest BCUT2D eigenvalue weighted by Gasteiger charge is 2.19. The zero-order chi connectivity index (χ0) is 17.6. The van der Waals surface area contributed by atoms with Crippen molar-refractivity contribution < 1.29 is 9.13 Å². The summed E-state index contributed by atoms with van der Waals surface area (Å²) in [6.45, 7) is 3.99. The van der Waals surface area contributed by atoms with Crippen LogP contribution < -0.4 is 10.1 Å². The fourth-order valence-corrected chi connectivity index (χ4v) is 2.51. The van der Waals surface area contributed by atoms with Crippen molar-refractivity contribution >= 4 is 0 Å². The second kappa shape index (κ2) is 8.02. The number of para-hydroxylation sites is 1. The van der Waals surface area contributed by atoms with Gasteiger partial charge in [0, 0.05) is 18.7 Å². The molecule has 0 saturated carbocycles. The van der Waals surface area contributed by atoms with E-state index >= 15 is 0 Å². The zero-order valence-electron chi connectivity index (χ0n) is 14.3. The molecule has 0 aliphatic heterocycles. The molecule has 0 amide bonds. The monoisotopic (exact) mass is 330 g/mol. The van der Waals surface area contributed by atoms with E-state index in [1.165, 1.54) is 13.8 Å². The first-order valence-corrected chi connectivity index (χ1v) is 7.90. The minimum Gasteiger partial charge on any atom is -0.496 e. The molecule has 2 aromatic rings. The standard InChI is InChI=1S/C19H23FN2O2/c1-19(2,20)16-10-8-14(9-11-16)17(22-23)13-21-12-15-6-4-5-7-18(15)24-3/h4-11,17,21H,12-13H2,1-3H3. The lowest BCUT2D eigenvalue weighted by atomic mass is 9.97. The number of benzene rings is 2. The van der Waals surface area contributed by atoms with Crippen molar-refractivity contribution in [3.05, 3.63) is 70.1 Å². The Bertz CT molecular complexity index is 666. The number of alkyl halides is 1. The van der Waals surface area contributed by atoms with Gasteiger partial charge in [-0.3, -0.25) is 0 Å². The van der Waals surface area contributed by atoms with Crippen molar-refractivity contribution in [3.63, 3.8) is 0 Å². The van der Waals surface area contributed by atoms with Crippen LogP contribution >= 0.6 is 0 Å². The van der Waals surface area contributed by atoms with Crippen LogP contribution in [0.5, 0.6) is 5.75 Å². The van der Waals surface area contributed by atoms with Gasteiger partial charge < -0.3 is 10.1 Å². The fraction of sp³-hybridized carbons (Fsp3) is 0.368. The molecule has 1 unspecified atom stereocenters. The van der Waals surface area contributed by atoms with Crippen LogP contribution in [0.1, 0.15) is 36.6 Å². The lowest BCUT2D eigenvalue weighted by Crippen LogP contribution is -2.20. The highest BCUT2D eigenvalue weighted by atomic mass is 19.1. The summed E-state index contributed by atoms with van der Waals surface area (Å²) in [7, 11) is 1.63. The summed E-state index contributed by atoms with van der Waals surface area (Å²) in [6, 6.07) is 14.1. The van der Waals surface area contributed by atoms with Gasteiger partial charge in [0.15, 0.2) is 0 Å². The van der Waals surface area contributed by atoms with Crippen LogP contribution in [-0.2, 0) is 12.2 Å². The number of nitroso groups, excluding NO2 is 1. The number of halogens is 1. The van der Waals surface area contributed by atoms with E-state index in [0.29, 0.717) is 18.7 Å². The van der Waals surface area contributed by atoms with E-state index < -0.39 is 11.7 Å². The molecule has 0 spiro atoms. The Morgan fingerprint density at radius 3 is 2.42 bits per heavy atom. The van der Waals surface area contributed by atoms with Gasteiger partial charge in [-0.1, -0.05) is 47.6 Å². The first-order chi connectivity index (χ1) is 11.5. The summed E-state index contributed by atoms with van der Waals surface area (Å²) in [5.74, 6) is 0.801. The highest BCUT2D eigenvalue weighted by Crippen LogP contribution is 2.26. The SMILES string of the molecule is COc1ccccc1CNCC(N=O)c1ccc(C(C)(C)F)cc1. The number of hydrogen-bond donors (Lipinski definition) is 1. The Morgan fingerprint density at radius 1 is 1.17 bits per heavy atom. The van der Waals surface area contributed by atoms with Gasteiger partial charge in [0.25, 0.3) is 0 Å². The molecular formula is C19H23FN2O2. The Balaban J connectivity index is 1.98. The van der Waals surface area contributed by atoms with E-state index in [2.05, 4.69) is 10.5 Å². The lowest BCUT2D eigenvalue weighted by molar-refractivity contribution is 0.221. The van der Waals surface area contributed by atoms with E-state index in [4.69, 9.17) is 4.74 Å². The largest absolute Gasteiger partial charge is 0.496 e. The molecule has 0 aliphatic rings. The molecule has 5 heteroatoms. The second-order valence-electron chi connectivity index (χ2n) is 6.16. The number of hydrogen-bond acceptors (Lipinski definition) is 4. The van der Waals surface area contributed by atoms with Crippen LogP contribution in [0.25, 0.3) is 0 Å². The predicted octanol–water partition coefficient (Wildman–Crippen LogP) is 4.50. The number of nitrogens with one attached hydrogen (secondary N) is 1. The van der Waals surface area contributed by atoms with Crippen molar-refractivity contribution in [2.24, 2.45) is 5.18 Å². The molecule has 2 aromatic carbocycles. The van der Waals surface area contributed by atoms with Crippen molar-refractivity contribution in [2.45, 2.75) is 32.1 Å². The van der Waals surface area contributed by atoms with E-state index in [1.54, 1.807) is 31.4 Å². The number of rotatable bonds is 8. The Morgan fingerprint density at radius 2 is 1.83 bits per heavy atom. The van der Waals surface area contributed by atoms with Gasteiger partial charge in [0.2, 0.25) is 0 Å². The predicted molar refractivity (Wildman–Crippen MR) is 93.8 cm³/mol. The van der Waals surface area contributed by atoms with Gasteiger partial charge >= 0.3 is 0 Å². The van der Waals surface area contributed by atoms with Crippen LogP contribution in [0, 0.1) is 4.91 Å². The Hall–Kier alpha value is -2.27. The van der Waals surface area contributed by atoms with Crippen molar-refractivity contribution in [1.82, 2.24) is 5.32 Å². The van der Waals surface area contributed by atoms with E-state index in [0.717, 1.165) is 16.9 Å². The molecular weight excluding hydrogens is 307 g/mol. The number of methoxy groups -OCH3 is 1. The molecule has 1 N–H and O–H groups in total. The molecule has 1 atom stereocenters. The van der Waals surface area contributed by atoms with E-state index in [1.807, 2.05) is 24.3 Å². The highest BCUT2D eigenvalue weighted by molar-refractivity contribution is 5.33. The number of ether oxygens (including phenoxy) is 1. The third-order valence-corrected chi connectivity index (χ3v) is 3.95. The summed E-state index contributed by atoms with van der Waals surface area (Å²) in [5, 5.41) is 6.41. The molecule has 0 aromatic heterocycles. The van der Waals surface area contributed by atoms with Gasteiger partial charge in [0.05, 0.1) is 7.11 Å². The van der Waals surface area contributed by atoms with Crippen molar-refractivity contribution in [1.29, 1.82) is 0 Å². The maximum absolute atomic E-state index is 13.9. The van der Waals surface area contributed by atoms with Crippen molar-refractivity contribution in [3.8, 4) is 5.75 Å². The average molecular weight is 330 g/mol. The zero-order valence-corrected chi connectivity index (χ0v) is 14.3. The van der Waals surface area contributed by atoms with Crippen LogP contribution in [0.4, 0.5) is 4.39 Å². The summed E-state index contributed by atoms with van der Waals surface area (Å²) in [6.07, 6.45) is 0. The Labute approximate surface area is 142 Å². The minimum atomic E-state index is -1.40. The summed E-state index contributed by atoms with van der Waals surface area (Å²) >= 11 is 0. The van der Waals surface area contributed by atoms with E-state index in [-0.39, 0.29) is 0 Å². The fourth-order valence-electron chi connectivity index (χ4n) is 2.51. The number of nitrogens with zero attached hydrogens (tertiary/aromatic N) is 1. The molecule has 4 nitrogen and oxygen atoms in total. The summed E-state index contributed by atoms with van der Waals surface area (Å²) in [4.78, 5) is 11.2. The molecule has 0 bridgehead atoms. The molecule has 0 radical (unpaired) electrons. The van der Waals surface area contributed by atoms with Gasteiger partial charge in [-0.15, -0.1) is 0 Å². The lowest BCUT2D eigenvalue weighted by Gasteiger charge is -2.16. The average Bonchev–Trinajstić information content (AvgIpc) is 2.58. The molecule has 0 heterocycles. The first-order valence-electron chi connectivity index (χ1n) is 7.90. The molecule has 2 rings (SSSR count). The molecule has 0 aliphatic carbocycles. The topological polar surface area (TPSA) is 50.7 Å². The van der Waals surface area contributed by atoms with Crippen molar-refractivity contribution in [2.75, 3.05) is 13.7 Å². The van der Waals surface area contributed by atoms with Crippen LogP contribution in [0.3, 0.4) is 0 Å². The summed E-state index contributed by atoms with van der Waals surface area (Å²) in [5.41, 5.74) is 0.965. The normalized spacial score (nSPS) is 12.7. The third kappa shape index (κ3) is 4.61. The Kier molecular flexibility index (Phi) is 6.04. The van der Waals surface area contributed by atoms with Gasteiger partial charge in [-0.25, -0.2) is 4.39 Å². The van der Waals surface area contributed by atoms with E-state index in [9.17, 15) is 9.30 Å². The maximum atomic E-state index is 13.9. The molecule has 0 fully saturated rings. The molecule has 0 saturated heterocycles. The van der Waals surface area contributed by atoms with Crippen LogP contribution in [0.2, 0.25) is 0 Å².